The van der Waals surface area contributed by atoms with E-state index in [1.807, 2.05) is 18.2 Å². The number of hydrogen-bond acceptors (Lipinski definition) is 4. The molecule has 1 aromatic carbocycles. The van der Waals surface area contributed by atoms with Crippen LogP contribution >= 0.6 is 0 Å². The Morgan fingerprint density at radius 1 is 1.50 bits per heavy atom. The highest BCUT2D eigenvalue weighted by molar-refractivity contribution is 5.90. The molecule has 2 rings (SSSR count). The summed E-state index contributed by atoms with van der Waals surface area (Å²) >= 11 is 0. The third-order valence-electron chi connectivity index (χ3n) is 3.37. The summed E-state index contributed by atoms with van der Waals surface area (Å²) in [5, 5.41) is 0. The largest absolute Gasteiger partial charge is 0.465 e. The van der Waals surface area contributed by atoms with Gasteiger partial charge in [0.05, 0.1) is 19.3 Å². The molecule has 1 fully saturated rings. The first-order valence-corrected chi connectivity index (χ1v) is 6.16. The van der Waals surface area contributed by atoms with Crippen LogP contribution in [0.5, 0.6) is 0 Å². The predicted molar refractivity (Wildman–Crippen MR) is 68.5 cm³/mol. The zero-order valence-electron chi connectivity index (χ0n) is 10.9. The summed E-state index contributed by atoms with van der Waals surface area (Å²) in [6.45, 7) is 2.34. The maximum atomic E-state index is 11.7. The summed E-state index contributed by atoms with van der Waals surface area (Å²) in [7, 11) is 3.47. The summed E-state index contributed by atoms with van der Waals surface area (Å²) in [6.07, 6.45) is 1.05. The van der Waals surface area contributed by atoms with E-state index in [4.69, 9.17) is 9.47 Å². The Bertz CT molecular complexity index is 413. The summed E-state index contributed by atoms with van der Waals surface area (Å²) < 4.78 is 10.2. The molecule has 0 aromatic heterocycles. The van der Waals surface area contributed by atoms with Crippen molar-refractivity contribution in [2.24, 2.45) is 0 Å². The van der Waals surface area contributed by atoms with Crippen LogP contribution in [0.4, 0.5) is 0 Å². The van der Waals surface area contributed by atoms with Crippen molar-refractivity contribution < 1.29 is 14.3 Å². The van der Waals surface area contributed by atoms with E-state index in [0.29, 0.717) is 11.6 Å². The summed E-state index contributed by atoms with van der Waals surface area (Å²) in [4.78, 5) is 13.9. The van der Waals surface area contributed by atoms with Crippen molar-refractivity contribution in [2.45, 2.75) is 19.0 Å². The van der Waals surface area contributed by atoms with Crippen LogP contribution in [-0.2, 0) is 16.0 Å². The molecule has 4 nitrogen and oxygen atoms in total. The minimum Gasteiger partial charge on any atom is -0.465 e. The minimum atomic E-state index is -0.276. The van der Waals surface area contributed by atoms with Gasteiger partial charge in [-0.25, -0.2) is 4.79 Å². The van der Waals surface area contributed by atoms with E-state index in [-0.39, 0.29) is 5.97 Å². The zero-order chi connectivity index (χ0) is 13.0. The van der Waals surface area contributed by atoms with Crippen LogP contribution in [0.15, 0.2) is 24.3 Å². The number of hydrogen-bond donors (Lipinski definition) is 0. The van der Waals surface area contributed by atoms with Gasteiger partial charge >= 0.3 is 5.97 Å². The number of rotatable bonds is 4. The summed E-state index contributed by atoms with van der Waals surface area (Å²) in [5.74, 6) is -0.276. The molecule has 0 spiro atoms. The summed E-state index contributed by atoms with van der Waals surface area (Å²) in [5.41, 5.74) is 1.64. The molecule has 18 heavy (non-hydrogen) atoms. The molecule has 1 aliphatic heterocycles. The van der Waals surface area contributed by atoms with E-state index in [2.05, 4.69) is 11.9 Å². The maximum absolute atomic E-state index is 11.7. The number of nitrogens with zero attached hydrogens (tertiary/aromatic N) is 1. The van der Waals surface area contributed by atoms with E-state index in [1.54, 1.807) is 6.07 Å². The molecule has 1 unspecified atom stereocenters. The third kappa shape index (κ3) is 2.89. The Hall–Kier alpha value is -1.39. The van der Waals surface area contributed by atoms with Gasteiger partial charge in [-0.3, -0.25) is 4.90 Å². The van der Waals surface area contributed by atoms with Gasteiger partial charge in [0.25, 0.3) is 0 Å². The molecule has 1 saturated heterocycles. The topological polar surface area (TPSA) is 38.8 Å². The highest BCUT2D eigenvalue weighted by atomic mass is 16.5. The van der Waals surface area contributed by atoms with Gasteiger partial charge in [0.1, 0.15) is 0 Å². The van der Waals surface area contributed by atoms with Crippen molar-refractivity contribution in [1.29, 1.82) is 0 Å². The van der Waals surface area contributed by atoms with E-state index in [9.17, 15) is 4.79 Å². The number of benzene rings is 1. The van der Waals surface area contributed by atoms with Crippen molar-refractivity contribution >= 4 is 5.97 Å². The lowest BCUT2D eigenvalue weighted by Crippen LogP contribution is -2.31. The number of likely N-dealkylation sites (N-methyl/N-ethyl adjacent to an activating group) is 1. The van der Waals surface area contributed by atoms with Crippen LogP contribution in [0.2, 0.25) is 0 Å². The van der Waals surface area contributed by atoms with Gasteiger partial charge in [-0.15, -0.1) is 0 Å². The van der Waals surface area contributed by atoms with E-state index in [0.717, 1.165) is 31.7 Å². The Labute approximate surface area is 107 Å². The number of carbonyl (C=O) groups is 1. The summed E-state index contributed by atoms with van der Waals surface area (Å²) in [6, 6.07) is 8.02. The van der Waals surface area contributed by atoms with Crippen molar-refractivity contribution in [3.63, 3.8) is 0 Å². The van der Waals surface area contributed by atoms with Crippen LogP contribution in [-0.4, -0.2) is 44.3 Å². The zero-order valence-corrected chi connectivity index (χ0v) is 10.9. The molecule has 0 aliphatic carbocycles. The number of carbonyl (C=O) groups excluding carboxylic acids is 1. The molecule has 1 aromatic rings. The second-order valence-electron chi connectivity index (χ2n) is 4.58. The third-order valence-corrected chi connectivity index (χ3v) is 3.37. The maximum Gasteiger partial charge on any atom is 0.338 e. The van der Waals surface area contributed by atoms with Gasteiger partial charge in [-0.2, -0.15) is 0 Å². The van der Waals surface area contributed by atoms with Gasteiger partial charge in [-0.1, -0.05) is 18.2 Å². The highest BCUT2D eigenvalue weighted by Gasteiger charge is 2.21. The molecule has 1 aliphatic rings. The molecule has 0 bridgehead atoms. The van der Waals surface area contributed by atoms with E-state index < -0.39 is 0 Å². The van der Waals surface area contributed by atoms with Crippen molar-refractivity contribution in [1.82, 2.24) is 4.90 Å². The monoisotopic (exact) mass is 249 g/mol. The fraction of sp³-hybridized carbons (Fsp3) is 0.500. The van der Waals surface area contributed by atoms with Gasteiger partial charge < -0.3 is 9.47 Å². The van der Waals surface area contributed by atoms with Gasteiger partial charge in [-0.05, 0) is 25.1 Å². The molecule has 0 saturated carbocycles. The highest BCUT2D eigenvalue weighted by Crippen LogP contribution is 2.17. The molecule has 1 heterocycles. The first-order valence-electron chi connectivity index (χ1n) is 6.16. The van der Waals surface area contributed by atoms with Crippen LogP contribution in [0.1, 0.15) is 22.3 Å². The average Bonchev–Trinajstić information content (AvgIpc) is 2.92. The lowest BCUT2D eigenvalue weighted by atomic mass is 10.1. The Kier molecular flexibility index (Phi) is 4.33. The van der Waals surface area contributed by atoms with Crippen LogP contribution in [0.3, 0.4) is 0 Å². The predicted octanol–water partition coefficient (Wildman–Crippen LogP) is 1.69. The second kappa shape index (κ2) is 5.98. The normalized spacial score (nSPS) is 19.2. The van der Waals surface area contributed by atoms with E-state index in [1.165, 1.54) is 7.11 Å². The van der Waals surface area contributed by atoms with Crippen LogP contribution in [0, 0.1) is 0 Å². The quantitative estimate of drug-likeness (QED) is 0.761. The molecule has 0 radical (unpaired) electrons. The van der Waals surface area contributed by atoms with Crippen molar-refractivity contribution in [3.8, 4) is 0 Å². The Morgan fingerprint density at radius 3 is 2.94 bits per heavy atom. The molecule has 4 heteroatoms. The van der Waals surface area contributed by atoms with Gasteiger partial charge in [0.2, 0.25) is 0 Å². The van der Waals surface area contributed by atoms with E-state index >= 15 is 0 Å². The number of ether oxygens (including phenoxy) is 2. The lowest BCUT2D eigenvalue weighted by Gasteiger charge is -2.23. The Balaban J connectivity index is 2.10. The molecule has 1 atom stereocenters. The fourth-order valence-corrected chi connectivity index (χ4v) is 2.23. The van der Waals surface area contributed by atoms with Crippen molar-refractivity contribution in [2.75, 3.05) is 27.4 Å². The molecule has 98 valence electrons. The smallest absolute Gasteiger partial charge is 0.338 e. The fourth-order valence-electron chi connectivity index (χ4n) is 2.23. The SMILES string of the molecule is COC(=O)c1ccccc1CN(C)C1CCOC1. The molecular formula is C14H19NO3. The molecule has 0 N–H and O–H groups in total. The number of methoxy groups -OCH3 is 1. The Morgan fingerprint density at radius 2 is 2.28 bits per heavy atom. The average molecular weight is 249 g/mol. The van der Waals surface area contributed by atoms with Crippen molar-refractivity contribution in [3.05, 3.63) is 35.4 Å². The molecule has 0 amide bonds. The standard InChI is InChI=1S/C14H19NO3/c1-15(12-7-8-18-10-12)9-11-5-3-4-6-13(11)14(16)17-2/h3-6,12H,7-10H2,1-2H3. The molecular weight excluding hydrogens is 230 g/mol. The van der Waals surface area contributed by atoms with Gasteiger partial charge in [0.15, 0.2) is 0 Å². The first-order chi connectivity index (χ1) is 8.72. The second-order valence-corrected chi connectivity index (χ2v) is 4.58. The lowest BCUT2D eigenvalue weighted by molar-refractivity contribution is 0.0598. The van der Waals surface area contributed by atoms with Crippen LogP contribution < -0.4 is 0 Å². The van der Waals surface area contributed by atoms with Gasteiger partial charge in [0, 0.05) is 19.2 Å². The minimum absolute atomic E-state index is 0.276. The van der Waals surface area contributed by atoms with Crippen LogP contribution in [0.25, 0.3) is 0 Å². The number of esters is 1. The first kappa shape index (κ1) is 13.1.